The largest absolute Gasteiger partial charge is 0.357 e. The average Bonchev–Trinajstić information content (AvgIpc) is 2.61. The van der Waals surface area contributed by atoms with Crippen molar-refractivity contribution in [3.63, 3.8) is 0 Å². The quantitative estimate of drug-likeness (QED) is 0.345. The van der Waals surface area contributed by atoms with Crippen LogP contribution in [0, 0.1) is 12.7 Å². The molecule has 0 unspecified atom stereocenters. The second-order valence-corrected chi connectivity index (χ2v) is 7.93. The lowest BCUT2D eigenvalue weighted by molar-refractivity contribution is 0.566. The molecule has 0 aromatic heterocycles. The van der Waals surface area contributed by atoms with Crippen LogP contribution in [-0.2, 0) is 16.4 Å². The Hall–Kier alpha value is -1.68. The zero-order valence-electron chi connectivity index (χ0n) is 15.4. The Morgan fingerprint density at radius 1 is 1.07 bits per heavy atom. The van der Waals surface area contributed by atoms with Crippen molar-refractivity contribution in [2.24, 2.45) is 4.99 Å². The predicted octanol–water partition coefficient (Wildman–Crippen LogP) is 3.28. The van der Waals surface area contributed by atoms with Gasteiger partial charge in [0.1, 0.15) is 10.7 Å². The van der Waals surface area contributed by atoms with Crippen molar-refractivity contribution < 1.29 is 12.8 Å². The fourth-order valence-corrected chi connectivity index (χ4v) is 3.56. The van der Waals surface area contributed by atoms with Crippen molar-refractivity contribution in [2.75, 3.05) is 18.8 Å². The van der Waals surface area contributed by atoms with Gasteiger partial charge in [0.25, 0.3) is 0 Å². The van der Waals surface area contributed by atoms with Gasteiger partial charge in [0, 0.05) is 13.1 Å². The first kappa shape index (κ1) is 23.4. The van der Waals surface area contributed by atoms with E-state index >= 15 is 0 Å². The molecule has 0 bridgehead atoms. The van der Waals surface area contributed by atoms with Crippen LogP contribution in [0.25, 0.3) is 0 Å². The molecule has 5 nitrogen and oxygen atoms in total. The normalized spacial score (nSPS) is 11.6. The first-order chi connectivity index (χ1) is 12.4. The Bertz CT molecular complexity index is 856. The third-order valence-corrected chi connectivity index (χ3v) is 5.46. The highest BCUT2D eigenvalue weighted by atomic mass is 127. The maximum atomic E-state index is 13.7. The van der Waals surface area contributed by atoms with Crippen LogP contribution in [0.5, 0.6) is 0 Å². The van der Waals surface area contributed by atoms with Crippen molar-refractivity contribution in [2.45, 2.75) is 25.3 Å². The van der Waals surface area contributed by atoms with E-state index in [9.17, 15) is 12.8 Å². The summed E-state index contributed by atoms with van der Waals surface area (Å²) in [5.74, 6) is -0.424. The maximum absolute atomic E-state index is 13.7. The number of halogens is 2. The minimum Gasteiger partial charge on any atom is -0.357 e. The van der Waals surface area contributed by atoms with E-state index in [1.807, 2.05) is 38.1 Å². The number of hydrogen-bond acceptors (Lipinski definition) is 3. The molecule has 2 aromatic rings. The lowest BCUT2D eigenvalue weighted by atomic mass is 10.1. The van der Waals surface area contributed by atoms with Gasteiger partial charge in [-0.25, -0.2) is 17.8 Å². The van der Waals surface area contributed by atoms with E-state index in [0.29, 0.717) is 19.0 Å². The smallest absolute Gasteiger partial charge is 0.191 e. The van der Waals surface area contributed by atoms with Crippen molar-refractivity contribution in [3.8, 4) is 0 Å². The van der Waals surface area contributed by atoms with Gasteiger partial charge in [-0.1, -0.05) is 42.0 Å². The van der Waals surface area contributed by atoms with E-state index in [1.54, 1.807) is 0 Å². The first-order valence-electron chi connectivity index (χ1n) is 8.47. The van der Waals surface area contributed by atoms with Gasteiger partial charge < -0.3 is 10.6 Å². The van der Waals surface area contributed by atoms with Crippen molar-refractivity contribution in [1.29, 1.82) is 0 Å². The molecule has 0 saturated carbocycles. The summed E-state index contributed by atoms with van der Waals surface area (Å²) in [5.41, 5.74) is 2.24. The fourth-order valence-electron chi connectivity index (χ4n) is 2.32. The molecular formula is C19H25FIN3O2S. The van der Waals surface area contributed by atoms with Crippen LogP contribution in [0.15, 0.2) is 58.4 Å². The van der Waals surface area contributed by atoms with Gasteiger partial charge in [0.2, 0.25) is 0 Å². The van der Waals surface area contributed by atoms with E-state index < -0.39 is 15.7 Å². The molecule has 0 aliphatic carbocycles. The van der Waals surface area contributed by atoms with Crippen LogP contribution in [0.3, 0.4) is 0 Å². The molecule has 0 amide bonds. The van der Waals surface area contributed by atoms with Gasteiger partial charge in [0.05, 0.1) is 12.3 Å². The molecule has 8 heteroatoms. The number of aryl methyl sites for hydroxylation is 1. The average molecular weight is 505 g/mol. The Balaban J connectivity index is 0.00000364. The van der Waals surface area contributed by atoms with Gasteiger partial charge in [-0.05, 0) is 31.5 Å². The summed E-state index contributed by atoms with van der Waals surface area (Å²) in [6.07, 6.45) is 0. The standard InChI is InChI=1S/C19H24FN3O2S.HI/c1-3-21-19(23-14-16-10-8-15(2)9-11-16)22-12-13-26(24,25)18-7-5-4-6-17(18)20;/h4-11H,3,12-14H2,1-2H3,(H2,21,22,23);1H. The van der Waals surface area contributed by atoms with E-state index in [2.05, 4.69) is 15.6 Å². The molecule has 0 spiro atoms. The molecule has 0 fully saturated rings. The van der Waals surface area contributed by atoms with E-state index in [4.69, 9.17) is 0 Å². The molecule has 0 radical (unpaired) electrons. The monoisotopic (exact) mass is 505 g/mol. The number of nitrogens with one attached hydrogen (secondary N) is 2. The van der Waals surface area contributed by atoms with Crippen molar-refractivity contribution >= 4 is 39.8 Å². The summed E-state index contributed by atoms with van der Waals surface area (Å²) >= 11 is 0. The Morgan fingerprint density at radius 2 is 1.74 bits per heavy atom. The van der Waals surface area contributed by atoms with E-state index in [-0.39, 0.29) is 41.2 Å². The Kier molecular flexibility index (Phi) is 9.71. The second kappa shape index (κ2) is 11.2. The van der Waals surface area contributed by atoms with E-state index in [0.717, 1.165) is 11.6 Å². The number of guanidine groups is 1. The number of hydrogen-bond donors (Lipinski definition) is 2. The number of sulfone groups is 1. The third kappa shape index (κ3) is 7.45. The summed E-state index contributed by atoms with van der Waals surface area (Å²) in [6, 6.07) is 13.5. The van der Waals surface area contributed by atoms with Gasteiger partial charge in [-0.2, -0.15) is 0 Å². The van der Waals surface area contributed by atoms with Crippen LogP contribution in [-0.4, -0.2) is 33.2 Å². The Morgan fingerprint density at radius 3 is 2.37 bits per heavy atom. The highest BCUT2D eigenvalue weighted by molar-refractivity contribution is 14.0. The van der Waals surface area contributed by atoms with Gasteiger partial charge in [-0.15, -0.1) is 24.0 Å². The topological polar surface area (TPSA) is 70.6 Å². The zero-order chi connectivity index (χ0) is 19.0. The summed E-state index contributed by atoms with van der Waals surface area (Å²) < 4.78 is 38.2. The predicted molar refractivity (Wildman–Crippen MR) is 118 cm³/mol. The fraction of sp³-hybridized carbons (Fsp3) is 0.316. The zero-order valence-corrected chi connectivity index (χ0v) is 18.6. The van der Waals surface area contributed by atoms with Crippen LogP contribution in [0.1, 0.15) is 18.1 Å². The van der Waals surface area contributed by atoms with Crippen molar-refractivity contribution in [1.82, 2.24) is 10.6 Å². The summed E-state index contributed by atoms with van der Waals surface area (Å²) in [6.45, 7) is 5.22. The van der Waals surface area contributed by atoms with E-state index in [1.165, 1.54) is 23.8 Å². The number of rotatable bonds is 7. The van der Waals surface area contributed by atoms with Crippen molar-refractivity contribution in [3.05, 3.63) is 65.5 Å². The van der Waals surface area contributed by atoms with Crippen LogP contribution in [0.2, 0.25) is 0 Å². The summed E-state index contributed by atoms with van der Waals surface area (Å²) in [7, 11) is -3.69. The van der Waals surface area contributed by atoms with Gasteiger partial charge in [-0.3, -0.25) is 0 Å². The number of aliphatic imine (C=N–C) groups is 1. The second-order valence-electron chi connectivity index (χ2n) is 5.86. The lowest BCUT2D eigenvalue weighted by Crippen LogP contribution is -2.39. The molecule has 2 rings (SSSR count). The molecule has 0 atom stereocenters. The minimum atomic E-state index is -3.69. The molecule has 0 saturated heterocycles. The molecule has 2 N–H and O–H groups in total. The number of benzene rings is 2. The molecule has 27 heavy (non-hydrogen) atoms. The van der Waals surface area contributed by atoms with Crippen LogP contribution < -0.4 is 10.6 Å². The molecule has 0 aliphatic rings. The molecule has 148 valence electrons. The highest BCUT2D eigenvalue weighted by Gasteiger charge is 2.18. The molecular weight excluding hydrogens is 480 g/mol. The third-order valence-electron chi connectivity index (χ3n) is 3.72. The Labute approximate surface area is 177 Å². The van der Waals surface area contributed by atoms with Gasteiger partial charge in [0.15, 0.2) is 15.8 Å². The maximum Gasteiger partial charge on any atom is 0.191 e. The van der Waals surface area contributed by atoms with Gasteiger partial charge >= 0.3 is 0 Å². The molecule has 0 aliphatic heterocycles. The molecule has 0 heterocycles. The first-order valence-corrected chi connectivity index (χ1v) is 10.1. The lowest BCUT2D eigenvalue weighted by Gasteiger charge is -2.12. The highest BCUT2D eigenvalue weighted by Crippen LogP contribution is 2.14. The van der Waals surface area contributed by atoms with Crippen LogP contribution in [0.4, 0.5) is 4.39 Å². The minimum absolute atomic E-state index is 0. The summed E-state index contributed by atoms with van der Waals surface area (Å²) in [5, 5.41) is 6.06. The summed E-state index contributed by atoms with van der Waals surface area (Å²) in [4.78, 5) is 4.17. The van der Waals surface area contributed by atoms with Crippen LogP contribution >= 0.6 is 24.0 Å². The number of nitrogens with zero attached hydrogens (tertiary/aromatic N) is 1. The SMILES string of the molecule is CCNC(=NCc1ccc(C)cc1)NCCS(=O)(=O)c1ccccc1F.I. The molecule has 2 aromatic carbocycles.